The van der Waals surface area contributed by atoms with Crippen LogP contribution in [0.15, 0.2) is 0 Å². The van der Waals surface area contributed by atoms with E-state index in [4.69, 9.17) is 19.3 Å². The molecule has 0 heterocycles. The first-order chi connectivity index (χ1) is 22.0. The fourth-order valence-corrected chi connectivity index (χ4v) is 5.99. The number of carbonyl (C=O) groups is 2. The second-order valence-electron chi connectivity index (χ2n) is 14.2. The highest BCUT2D eigenvalue weighted by Gasteiger charge is 2.22. The smallest absolute Gasteiger partial charge is 0.462 e. The van der Waals surface area contributed by atoms with E-state index >= 15 is 0 Å². The number of hydrogen-bond acceptors (Lipinski definition) is 6. The van der Waals surface area contributed by atoms with Gasteiger partial charge in [-0.05, 0) is 24.7 Å². The number of rotatable bonds is 34. The van der Waals surface area contributed by atoms with E-state index in [1.54, 1.807) is 0 Å². The molecule has 1 atom stereocenters. The summed E-state index contributed by atoms with van der Waals surface area (Å²) in [5.74, 6) is 0.718. The lowest BCUT2D eigenvalue weighted by atomic mass is 10.0. The SMILES string of the molecule is CC(C)CCCCCCCCCCCCCCCCCC(=O)O[C@H](COC(=O)CCCCCCCCCC(C)C)COP(=O)(O)O. The summed E-state index contributed by atoms with van der Waals surface area (Å²) >= 11 is 0. The Kier molecular flexibility index (Phi) is 30.7. The van der Waals surface area contributed by atoms with Crippen molar-refractivity contribution in [1.29, 1.82) is 0 Å². The van der Waals surface area contributed by atoms with Crippen LogP contribution in [0.2, 0.25) is 0 Å². The minimum absolute atomic E-state index is 0.218. The molecule has 0 aromatic rings. The van der Waals surface area contributed by atoms with E-state index in [9.17, 15) is 14.2 Å². The summed E-state index contributed by atoms with van der Waals surface area (Å²) in [7, 11) is -4.74. The Morgan fingerprint density at radius 1 is 0.500 bits per heavy atom. The molecule has 0 aliphatic rings. The van der Waals surface area contributed by atoms with Crippen molar-refractivity contribution in [3.63, 3.8) is 0 Å². The van der Waals surface area contributed by atoms with Gasteiger partial charge in [-0.1, -0.05) is 169 Å². The van der Waals surface area contributed by atoms with Gasteiger partial charge in [0.05, 0.1) is 6.61 Å². The molecule has 46 heavy (non-hydrogen) atoms. The van der Waals surface area contributed by atoms with Gasteiger partial charge in [-0.2, -0.15) is 0 Å². The first-order valence-electron chi connectivity index (χ1n) is 19.0. The summed E-state index contributed by atoms with van der Waals surface area (Å²) in [5, 5.41) is 0. The van der Waals surface area contributed by atoms with Crippen molar-refractivity contribution < 1.29 is 37.9 Å². The maximum Gasteiger partial charge on any atom is 0.469 e. The molecule has 0 aliphatic heterocycles. The van der Waals surface area contributed by atoms with Crippen LogP contribution in [0.25, 0.3) is 0 Å². The molecule has 0 rings (SSSR count). The van der Waals surface area contributed by atoms with Gasteiger partial charge >= 0.3 is 19.8 Å². The first-order valence-corrected chi connectivity index (χ1v) is 20.6. The summed E-state index contributed by atoms with van der Waals surface area (Å²) in [6.07, 6.45) is 28.5. The van der Waals surface area contributed by atoms with Crippen LogP contribution in [0.1, 0.15) is 195 Å². The third-order valence-electron chi connectivity index (χ3n) is 8.48. The molecule has 0 aliphatic carbocycles. The Morgan fingerprint density at radius 3 is 1.17 bits per heavy atom. The third kappa shape index (κ3) is 35.9. The Balaban J connectivity index is 3.89. The average Bonchev–Trinajstić information content (AvgIpc) is 2.98. The molecule has 0 aromatic heterocycles. The highest BCUT2D eigenvalue weighted by atomic mass is 31.2. The highest BCUT2D eigenvalue weighted by Crippen LogP contribution is 2.36. The summed E-state index contributed by atoms with van der Waals surface area (Å²) in [6, 6.07) is 0. The molecule has 0 spiro atoms. The van der Waals surface area contributed by atoms with Gasteiger partial charge in [0.1, 0.15) is 6.61 Å². The highest BCUT2D eigenvalue weighted by molar-refractivity contribution is 7.46. The van der Waals surface area contributed by atoms with Crippen LogP contribution in [0, 0.1) is 11.8 Å². The third-order valence-corrected chi connectivity index (χ3v) is 8.97. The molecule has 0 fully saturated rings. The van der Waals surface area contributed by atoms with Crippen molar-refractivity contribution in [2.45, 2.75) is 201 Å². The van der Waals surface area contributed by atoms with Crippen LogP contribution in [-0.4, -0.2) is 41.0 Å². The van der Waals surface area contributed by atoms with Crippen molar-refractivity contribution in [2.75, 3.05) is 13.2 Å². The number of phosphoric ester groups is 1. The zero-order valence-electron chi connectivity index (χ0n) is 30.3. The molecule has 274 valence electrons. The van der Waals surface area contributed by atoms with E-state index < -0.39 is 32.5 Å². The van der Waals surface area contributed by atoms with E-state index in [0.717, 1.165) is 43.9 Å². The number of ether oxygens (including phenoxy) is 2. The van der Waals surface area contributed by atoms with Crippen LogP contribution in [0.3, 0.4) is 0 Å². The van der Waals surface area contributed by atoms with Crippen LogP contribution < -0.4 is 0 Å². The molecular formula is C37H73O8P. The molecule has 0 saturated carbocycles. The topological polar surface area (TPSA) is 119 Å². The number of carbonyl (C=O) groups excluding carboxylic acids is 2. The van der Waals surface area contributed by atoms with Gasteiger partial charge in [-0.3, -0.25) is 14.1 Å². The van der Waals surface area contributed by atoms with Crippen LogP contribution in [0.5, 0.6) is 0 Å². The molecule has 0 aromatic carbocycles. The lowest BCUT2D eigenvalue weighted by Gasteiger charge is -2.18. The van der Waals surface area contributed by atoms with Crippen LogP contribution in [0.4, 0.5) is 0 Å². The lowest BCUT2D eigenvalue weighted by molar-refractivity contribution is -0.161. The standard InChI is InChI=1S/C37H73O8P/c1-33(2)27-23-19-15-12-10-8-6-5-7-9-11-13-17-22-26-30-37(39)45-35(32-44-46(40,41)42)31-43-36(38)29-25-21-18-14-16-20-24-28-34(3)4/h33-35H,5-32H2,1-4H3,(H2,40,41,42)/t35-/m1/s1. The molecule has 2 N–H and O–H groups in total. The molecule has 0 bridgehead atoms. The fraction of sp³-hybridized carbons (Fsp3) is 0.946. The van der Waals surface area contributed by atoms with Gasteiger partial charge < -0.3 is 19.3 Å². The van der Waals surface area contributed by atoms with Gasteiger partial charge in [0.2, 0.25) is 0 Å². The molecule has 0 radical (unpaired) electrons. The Hall–Kier alpha value is -0.950. The van der Waals surface area contributed by atoms with Crippen LogP contribution >= 0.6 is 7.82 Å². The Morgan fingerprint density at radius 2 is 0.826 bits per heavy atom. The number of unbranched alkanes of at least 4 members (excludes halogenated alkanes) is 20. The zero-order chi connectivity index (χ0) is 34.3. The fourth-order valence-electron chi connectivity index (χ4n) is 5.63. The summed E-state index contributed by atoms with van der Waals surface area (Å²) in [4.78, 5) is 42.6. The predicted molar refractivity (Wildman–Crippen MR) is 189 cm³/mol. The second-order valence-corrected chi connectivity index (χ2v) is 15.5. The van der Waals surface area contributed by atoms with E-state index in [1.165, 1.54) is 116 Å². The van der Waals surface area contributed by atoms with Gasteiger partial charge in [-0.25, -0.2) is 4.57 Å². The van der Waals surface area contributed by atoms with E-state index in [-0.39, 0.29) is 19.4 Å². The zero-order valence-corrected chi connectivity index (χ0v) is 31.2. The number of hydrogen-bond donors (Lipinski definition) is 2. The minimum Gasteiger partial charge on any atom is -0.462 e. The summed E-state index contributed by atoms with van der Waals surface area (Å²) in [6.45, 7) is 8.30. The van der Waals surface area contributed by atoms with Crippen molar-refractivity contribution in [1.82, 2.24) is 0 Å². The molecule has 8 nitrogen and oxygen atoms in total. The maximum absolute atomic E-state index is 12.4. The predicted octanol–water partition coefficient (Wildman–Crippen LogP) is 11.0. The minimum atomic E-state index is -4.74. The lowest BCUT2D eigenvalue weighted by Crippen LogP contribution is -2.29. The van der Waals surface area contributed by atoms with Crippen molar-refractivity contribution >= 4 is 19.8 Å². The monoisotopic (exact) mass is 677 g/mol. The number of phosphoric acid groups is 1. The largest absolute Gasteiger partial charge is 0.469 e. The van der Waals surface area contributed by atoms with Crippen molar-refractivity contribution in [3.8, 4) is 0 Å². The summed E-state index contributed by atoms with van der Waals surface area (Å²) < 4.78 is 26.3. The average molecular weight is 677 g/mol. The van der Waals surface area contributed by atoms with Crippen LogP contribution in [-0.2, 0) is 28.2 Å². The van der Waals surface area contributed by atoms with Crippen molar-refractivity contribution in [2.24, 2.45) is 11.8 Å². The van der Waals surface area contributed by atoms with Gasteiger partial charge in [0, 0.05) is 12.8 Å². The Labute approximate surface area is 283 Å². The molecule has 0 unspecified atom stereocenters. The van der Waals surface area contributed by atoms with Gasteiger partial charge in [0.15, 0.2) is 6.10 Å². The van der Waals surface area contributed by atoms with E-state index in [1.807, 2.05) is 0 Å². The van der Waals surface area contributed by atoms with E-state index in [2.05, 4.69) is 32.2 Å². The molecule has 0 saturated heterocycles. The van der Waals surface area contributed by atoms with Crippen molar-refractivity contribution in [3.05, 3.63) is 0 Å². The summed E-state index contributed by atoms with van der Waals surface area (Å²) in [5.41, 5.74) is 0. The number of esters is 2. The quantitative estimate of drug-likeness (QED) is 0.0392. The van der Waals surface area contributed by atoms with E-state index in [0.29, 0.717) is 6.42 Å². The maximum atomic E-state index is 12.4. The normalized spacial score (nSPS) is 12.6. The first kappa shape index (κ1) is 45.0. The van der Waals surface area contributed by atoms with Gasteiger partial charge in [-0.15, -0.1) is 0 Å². The molecule has 9 heteroatoms. The second kappa shape index (κ2) is 31.3. The molecule has 0 amide bonds. The molecular weight excluding hydrogens is 603 g/mol. The Bertz CT molecular complexity index is 752. The van der Waals surface area contributed by atoms with Gasteiger partial charge in [0.25, 0.3) is 0 Å².